The number of aromatic nitrogens is 2. The van der Waals surface area contributed by atoms with E-state index in [-0.39, 0.29) is 17.3 Å². The summed E-state index contributed by atoms with van der Waals surface area (Å²) < 4.78 is 0.697. The molecule has 0 radical (unpaired) electrons. The number of thioether (sulfide) groups is 1. The van der Waals surface area contributed by atoms with Crippen LogP contribution in [0.3, 0.4) is 0 Å². The van der Waals surface area contributed by atoms with E-state index in [0.717, 1.165) is 24.5 Å². The van der Waals surface area contributed by atoms with Crippen LogP contribution in [0.2, 0.25) is 0 Å². The molecule has 0 aliphatic heterocycles. The van der Waals surface area contributed by atoms with Crippen molar-refractivity contribution in [3.63, 3.8) is 0 Å². The van der Waals surface area contributed by atoms with Crippen LogP contribution in [-0.2, 0) is 4.79 Å². The number of anilines is 2. The van der Waals surface area contributed by atoms with Crippen molar-refractivity contribution in [2.24, 2.45) is 0 Å². The number of nitrogens with one attached hydrogen (secondary N) is 2. The molecular weight excluding hydrogens is 350 g/mol. The van der Waals surface area contributed by atoms with Gasteiger partial charge >= 0.3 is 0 Å². The first-order chi connectivity index (χ1) is 11.6. The van der Waals surface area contributed by atoms with Gasteiger partial charge in [0, 0.05) is 24.4 Å². The van der Waals surface area contributed by atoms with E-state index in [2.05, 4.69) is 27.8 Å². The van der Waals surface area contributed by atoms with Gasteiger partial charge in [0.2, 0.25) is 11.0 Å². The number of non-ortho nitro benzene ring substituents is 1. The molecule has 8 nitrogen and oxygen atoms in total. The van der Waals surface area contributed by atoms with E-state index >= 15 is 0 Å². The highest BCUT2D eigenvalue weighted by atomic mass is 32.2. The predicted molar refractivity (Wildman–Crippen MR) is 95.8 cm³/mol. The van der Waals surface area contributed by atoms with Crippen LogP contribution in [0.25, 0.3) is 0 Å². The van der Waals surface area contributed by atoms with Gasteiger partial charge in [-0.1, -0.05) is 42.5 Å². The van der Waals surface area contributed by atoms with E-state index in [1.54, 1.807) is 6.07 Å². The maximum absolute atomic E-state index is 11.9. The summed E-state index contributed by atoms with van der Waals surface area (Å²) in [5, 5.41) is 25.3. The summed E-state index contributed by atoms with van der Waals surface area (Å²) in [7, 11) is 0. The highest BCUT2D eigenvalue weighted by Crippen LogP contribution is 2.25. The van der Waals surface area contributed by atoms with Crippen LogP contribution < -0.4 is 10.6 Å². The Morgan fingerprint density at radius 1 is 1.42 bits per heavy atom. The second-order valence-corrected chi connectivity index (χ2v) is 7.00. The third-order valence-electron chi connectivity index (χ3n) is 2.88. The molecule has 24 heavy (non-hydrogen) atoms. The Bertz CT molecular complexity index is 707. The van der Waals surface area contributed by atoms with Gasteiger partial charge in [0.05, 0.1) is 10.7 Å². The van der Waals surface area contributed by atoms with Gasteiger partial charge in [0.15, 0.2) is 4.34 Å². The molecule has 1 heterocycles. The minimum Gasteiger partial charge on any atom is -0.360 e. The van der Waals surface area contributed by atoms with Gasteiger partial charge in [0.1, 0.15) is 0 Å². The highest BCUT2D eigenvalue weighted by molar-refractivity contribution is 8.01. The normalized spacial score (nSPS) is 10.4. The second-order valence-electron chi connectivity index (χ2n) is 4.80. The highest BCUT2D eigenvalue weighted by Gasteiger charge is 2.10. The van der Waals surface area contributed by atoms with Gasteiger partial charge in [-0.2, -0.15) is 0 Å². The second kappa shape index (κ2) is 9.18. The molecule has 0 saturated carbocycles. The number of amides is 1. The summed E-state index contributed by atoms with van der Waals surface area (Å²) in [6, 6.07) is 5.83. The van der Waals surface area contributed by atoms with Gasteiger partial charge in [-0.15, -0.1) is 10.2 Å². The van der Waals surface area contributed by atoms with Crippen molar-refractivity contribution in [2.45, 2.75) is 24.1 Å². The van der Waals surface area contributed by atoms with Crippen molar-refractivity contribution >= 4 is 45.5 Å². The van der Waals surface area contributed by atoms with Gasteiger partial charge < -0.3 is 10.6 Å². The lowest BCUT2D eigenvalue weighted by Crippen LogP contribution is -2.14. The van der Waals surface area contributed by atoms with Crippen molar-refractivity contribution in [3.05, 3.63) is 34.4 Å². The van der Waals surface area contributed by atoms with Gasteiger partial charge in [0.25, 0.3) is 5.69 Å². The van der Waals surface area contributed by atoms with Crippen molar-refractivity contribution in [1.29, 1.82) is 0 Å². The summed E-state index contributed by atoms with van der Waals surface area (Å²) in [5.74, 6) is -0.0945. The van der Waals surface area contributed by atoms with Gasteiger partial charge in [-0.3, -0.25) is 14.9 Å². The van der Waals surface area contributed by atoms with Crippen LogP contribution in [-0.4, -0.2) is 33.3 Å². The quantitative estimate of drug-likeness (QED) is 0.302. The molecule has 0 unspecified atom stereocenters. The Labute approximate surface area is 147 Å². The van der Waals surface area contributed by atoms with E-state index in [1.807, 2.05) is 0 Å². The van der Waals surface area contributed by atoms with Crippen LogP contribution in [0.5, 0.6) is 0 Å². The van der Waals surface area contributed by atoms with Crippen LogP contribution in [0.4, 0.5) is 16.5 Å². The van der Waals surface area contributed by atoms with Gasteiger partial charge in [-0.25, -0.2) is 0 Å². The number of unbranched alkanes of at least 4 members (excludes halogenated alkanes) is 1. The minimum absolute atomic E-state index is 0.0626. The predicted octanol–water partition coefficient (Wildman–Crippen LogP) is 3.39. The zero-order valence-corrected chi connectivity index (χ0v) is 14.7. The Morgan fingerprint density at radius 3 is 3.00 bits per heavy atom. The molecule has 0 fully saturated rings. The number of carbonyl (C=O) groups excluding carboxylic acids is 1. The van der Waals surface area contributed by atoms with E-state index in [0.29, 0.717) is 10.0 Å². The molecule has 2 aromatic rings. The van der Waals surface area contributed by atoms with E-state index in [1.165, 1.54) is 41.3 Å². The molecule has 0 spiro atoms. The maximum atomic E-state index is 11.9. The first-order valence-corrected chi connectivity index (χ1v) is 9.13. The number of nitro groups is 1. The first kappa shape index (κ1) is 18.1. The molecule has 0 bridgehead atoms. The van der Waals surface area contributed by atoms with Crippen molar-refractivity contribution in [2.75, 3.05) is 22.9 Å². The Hall–Kier alpha value is -2.20. The van der Waals surface area contributed by atoms with Crippen LogP contribution in [0.1, 0.15) is 19.8 Å². The Morgan fingerprint density at radius 2 is 2.25 bits per heavy atom. The average molecular weight is 367 g/mol. The molecule has 1 aromatic heterocycles. The molecule has 0 aliphatic rings. The van der Waals surface area contributed by atoms with Crippen molar-refractivity contribution in [1.82, 2.24) is 10.2 Å². The average Bonchev–Trinajstić information content (AvgIpc) is 3.01. The first-order valence-electron chi connectivity index (χ1n) is 7.33. The van der Waals surface area contributed by atoms with Crippen molar-refractivity contribution in [3.8, 4) is 0 Å². The number of carbonyl (C=O) groups is 1. The summed E-state index contributed by atoms with van der Waals surface area (Å²) in [4.78, 5) is 22.1. The maximum Gasteiger partial charge on any atom is 0.271 e. The van der Waals surface area contributed by atoms with Crippen LogP contribution in [0, 0.1) is 10.1 Å². The molecule has 128 valence electrons. The van der Waals surface area contributed by atoms with Crippen LogP contribution in [0.15, 0.2) is 28.6 Å². The zero-order chi connectivity index (χ0) is 17.4. The van der Waals surface area contributed by atoms with E-state index in [9.17, 15) is 14.9 Å². The number of nitro benzene ring substituents is 1. The Balaban J connectivity index is 1.81. The zero-order valence-electron chi connectivity index (χ0n) is 13.0. The number of hydrogen-bond donors (Lipinski definition) is 2. The standard InChI is InChI=1S/C14H17N5O3S2/c1-2-3-7-15-13-17-18-14(24-13)23-9-12(20)16-10-5-4-6-11(8-10)19(21)22/h4-6,8H,2-3,7,9H2,1H3,(H,15,17)(H,16,20). The summed E-state index contributed by atoms with van der Waals surface area (Å²) in [6.07, 6.45) is 2.17. The summed E-state index contributed by atoms with van der Waals surface area (Å²) in [6.45, 7) is 2.96. The lowest BCUT2D eigenvalue weighted by atomic mass is 10.3. The third kappa shape index (κ3) is 5.78. The monoisotopic (exact) mass is 367 g/mol. The molecule has 1 aromatic carbocycles. The molecule has 0 saturated heterocycles. The number of benzene rings is 1. The van der Waals surface area contributed by atoms with Crippen molar-refractivity contribution < 1.29 is 9.72 Å². The fourth-order valence-corrected chi connectivity index (χ4v) is 3.31. The fourth-order valence-electron chi connectivity index (χ4n) is 1.73. The molecular formula is C14H17N5O3S2. The van der Waals surface area contributed by atoms with E-state index < -0.39 is 4.92 Å². The fraction of sp³-hybridized carbons (Fsp3) is 0.357. The van der Waals surface area contributed by atoms with E-state index in [4.69, 9.17) is 0 Å². The molecule has 1 amide bonds. The lowest BCUT2D eigenvalue weighted by molar-refractivity contribution is -0.384. The SMILES string of the molecule is CCCCNc1nnc(SCC(=O)Nc2cccc([N+](=O)[O-])c2)s1. The smallest absolute Gasteiger partial charge is 0.271 e. The topological polar surface area (TPSA) is 110 Å². The Kier molecular flexibility index (Phi) is 6.94. The summed E-state index contributed by atoms with van der Waals surface area (Å²) >= 11 is 2.68. The summed E-state index contributed by atoms with van der Waals surface area (Å²) in [5.41, 5.74) is 0.335. The largest absolute Gasteiger partial charge is 0.360 e. The molecule has 0 aliphatic carbocycles. The minimum atomic E-state index is -0.501. The molecule has 2 rings (SSSR count). The number of hydrogen-bond acceptors (Lipinski definition) is 8. The lowest BCUT2D eigenvalue weighted by Gasteiger charge is -2.03. The third-order valence-corrected chi connectivity index (χ3v) is 4.89. The number of nitrogens with zero attached hydrogens (tertiary/aromatic N) is 3. The van der Waals surface area contributed by atoms with Crippen LogP contribution >= 0.6 is 23.1 Å². The van der Waals surface area contributed by atoms with Gasteiger partial charge in [-0.05, 0) is 12.5 Å². The molecule has 2 N–H and O–H groups in total. The molecule has 0 atom stereocenters. The number of rotatable bonds is 9. The molecule has 10 heteroatoms.